The molecular formula is C19H22IN3O. The molecule has 0 aliphatic carbocycles. The second-order valence-corrected chi connectivity index (χ2v) is 7.45. The first-order valence-corrected chi connectivity index (χ1v) is 9.24. The number of carbonyl (C=O) groups is 1. The number of hydrogen-bond donors (Lipinski definition) is 1. The number of carbonyl (C=O) groups excluding carboxylic acids is 1. The van der Waals surface area contributed by atoms with Gasteiger partial charge in [0.15, 0.2) is 0 Å². The molecule has 1 fully saturated rings. The fourth-order valence-corrected chi connectivity index (χ4v) is 3.62. The van der Waals surface area contributed by atoms with Crippen LogP contribution in [0.4, 0.5) is 16.2 Å². The van der Waals surface area contributed by atoms with E-state index in [0.29, 0.717) is 0 Å². The van der Waals surface area contributed by atoms with Crippen LogP contribution in [-0.4, -0.2) is 37.1 Å². The second kappa shape index (κ2) is 7.42. The van der Waals surface area contributed by atoms with Gasteiger partial charge in [0.2, 0.25) is 0 Å². The minimum Gasteiger partial charge on any atom is -0.368 e. The SMILES string of the molecule is Cc1ccc(N2CCN(C(=O)Nc3cccc(I)c3)CC2)c(C)c1. The van der Waals surface area contributed by atoms with E-state index in [1.807, 2.05) is 29.2 Å². The third-order valence-electron chi connectivity index (χ3n) is 4.34. The minimum atomic E-state index is -0.0164. The van der Waals surface area contributed by atoms with Crippen molar-refractivity contribution < 1.29 is 4.79 Å². The van der Waals surface area contributed by atoms with E-state index in [4.69, 9.17) is 0 Å². The van der Waals surface area contributed by atoms with E-state index in [0.717, 1.165) is 35.4 Å². The van der Waals surface area contributed by atoms with Crippen LogP contribution < -0.4 is 10.2 Å². The molecule has 2 aromatic carbocycles. The van der Waals surface area contributed by atoms with Crippen molar-refractivity contribution in [2.45, 2.75) is 13.8 Å². The van der Waals surface area contributed by atoms with Crippen LogP contribution in [0.25, 0.3) is 0 Å². The number of halogens is 1. The average Bonchev–Trinajstić information content (AvgIpc) is 2.55. The van der Waals surface area contributed by atoms with E-state index in [1.165, 1.54) is 16.8 Å². The average molecular weight is 435 g/mol. The Kier molecular flexibility index (Phi) is 5.28. The largest absolute Gasteiger partial charge is 0.368 e. The first-order chi connectivity index (χ1) is 11.5. The molecule has 1 aliphatic heterocycles. The molecule has 5 heteroatoms. The van der Waals surface area contributed by atoms with Gasteiger partial charge in [-0.25, -0.2) is 4.79 Å². The summed E-state index contributed by atoms with van der Waals surface area (Å²) in [6, 6.07) is 14.4. The number of anilines is 2. The Morgan fingerprint density at radius 3 is 2.46 bits per heavy atom. The van der Waals surface area contributed by atoms with Crippen LogP contribution >= 0.6 is 22.6 Å². The standard InChI is InChI=1S/C19H22IN3O/c1-14-6-7-18(15(2)12-14)22-8-10-23(11-9-22)19(24)21-17-5-3-4-16(20)13-17/h3-7,12-13H,8-11H2,1-2H3,(H,21,24). The third kappa shape index (κ3) is 4.01. The predicted molar refractivity (Wildman–Crippen MR) is 108 cm³/mol. The Hall–Kier alpha value is -1.76. The van der Waals surface area contributed by atoms with E-state index < -0.39 is 0 Å². The fourth-order valence-electron chi connectivity index (χ4n) is 3.08. The van der Waals surface area contributed by atoms with Crippen LogP contribution in [0, 0.1) is 17.4 Å². The number of benzene rings is 2. The third-order valence-corrected chi connectivity index (χ3v) is 5.01. The predicted octanol–water partition coefficient (Wildman–Crippen LogP) is 4.26. The van der Waals surface area contributed by atoms with Gasteiger partial charge in [-0.2, -0.15) is 0 Å². The monoisotopic (exact) mass is 435 g/mol. The Morgan fingerprint density at radius 1 is 1.04 bits per heavy atom. The van der Waals surface area contributed by atoms with Crippen LogP contribution in [0.15, 0.2) is 42.5 Å². The lowest BCUT2D eigenvalue weighted by molar-refractivity contribution is 0.208. The number of rotatable bonds is 2. The van der Waals surface area contributed by atoms with E-state index >= 15 is 0 Å². The first kappa shape index (κ1) is 17.1. The second-order valence-electron chi connectivity index (χ2n) is 6.20. The maximum Gasteiger partial charge on any atom is 0.321 e. The summed E-state index contributed by atoms with van der Waals surface area (Å²) in [5.74, 6) is 0. The Balaban J connectivity index is 1.59. The number of hydrogen-bond acceptors (Lipinski definition) is 2. The normalized spacial score (nSPS) is 14.6. The molecule has 2 aromatic rings. The zero-order valence-corrected chi connectivity index (χ0v) is 16.2. The maximum absolute atomic E-state index is 12.4. The van der Waals surface area contributed by atoms with Gasteiger partial charge in [-0.15, -0.1) is 0 Å². The molecule has 0 saturated carbocycles. The van der Waals surface area contributed by atoms with Crippen LogP contribution in [0.1, 0.15) is 11.1 Å². The lowest BCUT2D eigenvalue weighted by Gasteiger charge is -2.36. The zero-order valence-electron chi connectivity index (χ0n) is 14.1. The molecule has 1 saturated heterocycles. The number of piperazine rings is 1. The molecular weight excluding hydrogens is 413 g/mol. The molecule has 1 aliphatic rings. The molecule has 2 amide bonds. The number of urea groups is 1. The maximum atomic E-state index is 12.4. The smallest absolute Gasteiger partial charge is 0.321 e. The Labute approximate surface area is 157 Å². The van der Waals surface area contributed by atoms with E-state index in [1.54, 1.807) is 0 Å². The molecule has 3 rings (SSSR count). The van der Waals surface area contributed by atoms with E-state index in [9.17, 15) is 4.79 Å². The highest BCUT2D eigenvalue weighted by atomic mass is 127. The highest BCUT2D eigenvalue weighted by Gasteiger charge is 2.22. The van der Waals surface area contributed by atoms with E-state index in [-0.39, 0.29) is 6.03 Å². The number of aryl methyl sites for hydroxylation is 2. The van der Waals surface area contributed by atoms with Gasteiger partial charge in [-0.3, -0.25) is 0 Å². The number of nitrogens with one attached hydrogen (secondary N) is 1. The number of amides is 2. The van der Waals surface area contributed by atoms with Crippen molar-refractivity contribution in [1.29, 1.82) is 0 Å². The van der Waals surface area contributed by atoms with Crippen molar-refractivity contribution >= 4 is 40.0 Å². The highest BCUT2D eigenvalue weighted by molar-refractivity contribution is 14.1. The van der Waals surface area contributed by atoms with Gasteiger partial charge in [0, 0.05) is 41.1 Å². The zero-order chi connectivity index (χ0) is 17.1. The first-order valence-electron chi connectivity index (χ1n) is 8.16. The molecule has 4 nitrogen and oxygen atoms in total. The lowest BCUT2D eigenvalue weighted by atomic mass is 10.1. The molecule has 126 valence electrons. The quantitative estimate of drug-likeness (QED) is 0.716. The summed E-state index contributed by atoms with van der Waals surface area (Å²) >= 11 is 2.25. The summed E-state index contributed by atoms with van der Waals surface area (Å²) in [6.07, 6.45) is 0. The van der Waals surface area contributed by atoms with Gasteiger partial charge in [-0.1, -0.05) is 23.8 Å². The molecule has 1 N–H and O–H groups in total. The van der Waals surface area contributed by atoms with E-state index in [2.05, 4.69) is 64.9 Å². The van der Waals surface area contributed by atoms with Crippen molar-refractivity contribution in [2.75, 3.05) is 36.4 Å². The van der Waals surface area contributed by atoms with Crippen LogP contribution in [-0.2, 0) is 0 Å². The molecule has 24 heavy (non-hydrogen) atoms. The molecule has 0 aromatic heterocycles. The molecule has 0 atom stereocenters. The van der Waals surface area contributed by atoms with Crippen LogP contribution in [0.5, 0.6) is 0 Å². The fraction of sp³-hybridized carbons (Fsp3) is 0.316. The van der Waals surface area contributed by atoms with Gasteiger partial charge in [-0.05, 0) is 66.3 Å². The summed E-state index contributed by atoms with van der Waals surface area (Å²) in [6.45, 7) is 7.47. The highest BCUT2D eigenvalue weighted by Crippen LogP contribution is 2.22. The van der Waals surface area contributed by atoms with Gasteiger partial charge in [0.25, 0.3) is 0 Å². The summed E-state index contributed by atoms with van der Waals surface area (Å²) in [5, 5.41) is 2.99. The van der Waals surface area contributed by atoms with Gasteiger partial charge < -0.3 is 15.1 Å². The minimum absolute atomic E-state index is 0.0164. The van der Waals surface area contributed by atoms with Crippen molar-refractivity contribution in [2.24, 2.45) is 0 Å². The molecule has 0 spiro atoms. The van der Waals surface area contributed by atoms with Crippen LogP contribution in [0.3, 0.4) is 0 Å². The van der Waals surface area contributed by atoms with Crippen molar-refractivity contribution in [3.05, 3.63) is 57.2 Å². The molecule has 0 unspecified atom stereocenters. The summed E-state index contributed by atoms with van der Waals surface area (Å²) < 4.78 is 1.12. The van der Waals surface area contributed by atoms with Crippen molar-refractivity contribution in [1.82, 2.24) is 4.90 Å². The Bertz CT molecular complexity index is 739. The molecule has 0 radical (unpaired) electrons. The van der Waals surface area contributed by atoms with Gasteiger partial charge >= 0.3 is 6.03 Å². The lowest BCUT2D eigenvalue weighted by Crippen LogP contribution is -2.50. The molecule has 1 heterocycles. The Morgan fingerprint density at radius 2 is 1.79 bits per heavy atom. The van der Waals surface area contributed by atoms with Gasteiger partial charge in [0.05, 0.1) is 0 Å². The summed E-state index contributed by atoms with van der Waals surface area (Å²) in [5.41, 5.74) is 4.71. The topological polar surface area (TPSA) is 35.6 Å². The van der Waals surface area contributed by atoms with Crippen molar-refractivity contribution in [3.63, 3.8) is 0 Å². The van der Waals surface area contributed by atoms with Gasteiger partial charge in [0.1, 0.15) is 0 Å². The number of nitrogens with zero attached hydrogens (tertiary/aromatic N) is 2. The summed E-state index contributed by atoms with van der Waals surface area (Å²) in [4.78, 5) is 16.7. The summed E-state index contributed by atoms with van der Waals surface area (Å²) in [7, 11) is 0. The molecule has 0 bridgehead atoms. The van der Waals surface area contributed by atoms with Crippen molar-refractivity contribution in [3.8, 4) is 0 Å². The van der Waals surface area contributed by atoms with Crippen LogP contribution in [0.2, 0.25) is 0 Å².